The summed E-state index contributed by atoms with van der Waals surface area (Å²) in [5.41, 5.74) is 0.731. The Morgan fingerprint density at radius 2 is 2.22 bits per heavy atom. The molecule has 8 heteroatoms. The SMILES string of the molecule is C[C@@H](NC(=O)CSc1n[nH]c(-c2ccc(Cl)cc2Cl)n1)[C@@H]1C[C@H]2CC[C@H]1C2. The van der Waals surface area contributed by atoms with Crippen molar-refractivity contribution in [2.75, 3.05) is 5.75 Å². The van der Waals surface area contributed by atoms with Crippen molar-refractivity contribution in [3.63, 3.8) is 0 Å². The van der Waals surface area contributed by atoms with Gasteiger partial charge in [0, 0.05) is 16.6 Å². The Balaban J connectivity index is 1.30. The first-order valence-corrected chi connectivity index (χ1v) is 11.0. The third kappa shape index (κ3) is 4.28. The predicted octanol–water partition coefficient (Wildman–Crippen LogP) is 4.81. The van der Waals surface area contributed by atoms with Crippen LogP contribution in [0.5, 0.6) is 0 Å². The van der Waals surface area contributed by atoms with E-state index in [2.05, 4.69) is 27.4 Å². The summed E-state index contributed by atoms with van der Waals surface area (Å²) in [6.07, 6.45) is 5.33. The lowest BCUT2D eigenvalue weighted by Crippen LogP contribution is -2.40. The monoisotopic (exact) mass is 424 g/mol. The summed E-state index contributed by atoms with van der Waals surface area (Å²) in [7, 11) is 0. The van der Waals surface area contributed by atoms with E-state index in [1.54, 1.807) is 18.2 Å². The Hall–Kier alpha value is -1.24. The minimum atomic E-state index is 0.0335. The molecule has 5 nitrogen and oxygen atoms in total. The molecule has 1 aromatic carbocycles. The highest BCUT2D eigenvalue weighted by Crippen LogP contribution is 2.49. The average molecular weight is 425 g/mol. The van der Waals surface area contributed by atoms with E-state index in [-0.39, 0.29) is 11.9 Å². The number of benzene rings is 1. The number of carbonyl (C=O) groups excluding carboxylic acids is 1. The summed E-state index contributed by atoms with van der Waals surface area (Å²) in [6.45, 7) is 2.14. The molecule has 2 bridgehead atoms. The standard InChI is InChI=1S/C19H22Cl2N4OS/c1-10(15-7-11-2-3-12(15)6-11)22-17(26)9-27-19-23-18(24-25-19)14-5-4-13(20)8-16(14)21/h4-5,8,10-12,15H,2-3,6-7,9H2,1H3,(H,22,26)(H,23,24,25)/t10-,11+,12+,15+/m1/s1. The minimum Gasteiger partial charge on any atom is -0.353 e. The number of nitrogens with one attached hydrogen (secondary N) is 2. The molecule has 0 radical (unpaired) electrons. The molecule has 2 fully saturated rings. The van der Waals surface area contributed by atoms with Crippen molar-refractivity contribution >= 4 is 40.9 Å². The maximum Gasteiger partial charge on any atom is 0.230 e. The van der Waals surface area contributed by atoms with Crippen LogP contribution in [0.1, 0.15) is 32.6 Å². The van der Waals surface area contributed by atoms with Crippen molar-refractivity contribution in [3.05, 3.63) is 28.2 Å². The van der Waals surface area contributed by atoms with Crippen LogP contribution in [0.15, 0.2) is 23.4 Å². The zero-order chi connectivity index (χ0) is 19.0. The van der Waals surface area contributed by atoms with Crippen LogP contribution in [-0.2, 0) is 4.79 Å². The van der Waals surface area contributed by atoms with Crippen molar-refractivity contribution in [2.45, 2.75) is 43.8 Å². The summed E-state index contributed by atoms with van der Waals surface area (Å²) >= 11 is 13.4. The van der Waals surface area contributed by atoms with Gasteiger partial charge in [0.1, 0.15) is 0 Å². The van der Waals surface area contributed by atoms with Crippen molar-refractivity contribution in [3.8, 4) is 11.4 Å². The summed E-state index contributed by atoms with van der Waals surface area (Å²) < 4.78 is 0. The number of nitrogens with zero attached hydrogens (tertiary/aromatic N) is 2. The second-order valence-electron chi connectivity index (χ2n) is 7.57. The maximum absolute atomic E-state index is 12.3. The van der Waals surface area contributed by atoms with Gasteiger partial charge in [-0.2, -0.15) is 0 Å². The number of thioether (sulfide) groups is 1. The number of aromatic amines is 1. The Morgan fingerprint density at radius 3 is 2.93 bits per heavy atom. The fourth-order valence-electron chi connectivity index (χ4n) is 4.55. The van der Waals surface area contributed by atoms with E-state index in [1.807, 2.05) is 0 Å². The highest BCUT2D eigenvalue weighted by atomic mass is 35.5. The van der Waals surface area contributed by atoms with Gasteiger partial charge in [0.2, 0.25) is 11.1 Å². The lowest BCUT2D eigenvalue weighted by atomic mass is 9.84. The molecule has 2 saturated carbocycles. The lowest BCUT2D eigenvalue weighted by molar-refractivity contribution is -0.119. The van der Waals surface area contributed by atoms with E-state index in [0.29, 0.717) is 32.7 Å². The Kier molecular flexibility index (Phi) is 5.67. The summed E-state index contributed by atoms with van der Waals surface area (Å²) in [4.78, 5) is 16.7. The summed E-state index contributed by atoms with van der Waals surface area (Å²) in [5, 5.41) is 11.8. The zero-order valence-electron chi connectivity index (χ0n) is 15.0. The third-order valence-electron chi connectivity index (χ3n) is 5.81. The van der Waals surface area contributed by atoms with Crippen LogP contribution in [0.4, 0.5) is 0 Å². The number of H-pyrrole nitrogens is 1. The molecule has 0 spiro atoms. The number of carbonyl (C=O) groups is 1. The third-order valence-corrected chi connectivity index (χ3v) is 7.20. The van der Waals surface area contributed by atoms with Gasteiger partial charge in [0.05, 0.1) is 10.8 Å². The van der Waals surface area contributed by atoms with Gasteiger partial charge < -0.3 is 5.32 Å². The van der Waals surface area contributed by atoms with Gasteiger partial charge in [-0.15, -0.1) is 5.10 Å². The van der Waals surface area contributed by atoms with Crippen LogP contribution >= 0.6 is 35.0 Å². The molecular formula is C19H22Cl2N4OS. The molecule has 4 atom stereocenters. The van der Waals surface area contributed by atoms with Gasteiger partial charge in [0.25, 0.3) is 0 Å². The number of halogens is 2. The maximum atomic E-state index is 12.3. The van der Waals surface area contributed by atoms with E-state index in [1.165, 1.54) is 37.4 Å². The van der Waals surface area contributed by atoms with Crippen LogP contribution in [0.2, 0.25) is 10.0 Å². The minimum absolute atomic E-state index is 0.0335. The van der Waals surface area contributed by atoms with Crippen LogP contribution in [0, 0.1) is 17.8 Å². The van der Waals surface area contributed by atoms with E-state index >= 15 is 0 Å². The highest BCUT2D eigenvalue weighted by molar-refractivity contribution is 7.99. The quantitative estimate of drug-likeness (QED) is 0.652. The van der Waals surface area contributed by atoms with Crippen LogP contribution in [-0.4, -0.2) is 32.9 Å². The fraction of sp³-hybridized carbons (Fsp3) is 0.526. The Morgan fingerprint density at radius 1 is 1.37 bits per heavy atom. The number of amides is 1. The van der Waals surface area contributed by atoms with Crippen LogP contribution in [0.3, 0.4) is 0 Å². The zero-order valence-corrected chi connectivity index (χ0v) is 17.4. The van der Waals surface area contributed by atoms with Crippen molar-refractivity contribution < 1.29 is 4.79 Å². The van der Waals surface area contributed by atoms with Gasteiger partial charge >= 0.3 is 0 Å². The van der Waals surface area contributed by atoms with E-state index in [4.69, 9.17) is 23.2 Å². The fourth-order valence-corrected chi connectivity index (χ4v) is 5.66. The molecule has 0 saturated heterocycles. The number of aromatic nitrogens is 3. The van der Waals surface area contributed by atoms with Crippen LogP contribution in [0.25, 0.3) is 11.4 Å². The number of hydrogen-bond acceptors (Lipinski definition) is 4. The molecule has 2 aromatic rings. The smallest absolute Gasteiger partial charge is 0.230 e. The Bertz CT molecular complexity index is 843. The van der Waals surface area contributed by atoms with Gasteiger partial charge in [0.15, 0.2) is 5.82 Å². The van der Waals surface area contributed by atoms with Gasteiger partial charge in [-0.05, 0) is 62.1 Å². The normalized spacial score (nSPS) is 24.9. The lowest BCUT2D eigenvalue weighted by Gasteiger charge is -2.28. The highest BCUT2D eigenvalue weighted by Gasteiger charge is 2.42. The second-order valence-corrected chi connectivity index (χ2v) is 9.36. The molecule has 2 N–H and O–H groups in total. The predicted molar refractivity (Wildman–Crippen MR) is 109 cm³/mol. The van der Waals surface area contributed by atoms with Crippen molar-refractivity contribution in [1.82, 2.24) is 20.5 Å². The second kappa shape index (κ2) is 8.02. The van der Waals surface area contributed by atoms with E-state index < -0.39 is 0 Å². The molecular weight excluding hydrogens is 403 g/mol. The Labute approximate surface area is 173 Å². The molecule has 27 heavy (non-hydrogen) atoms. The molecule has 2 aliphatic carbocycles. The molecule has 4 rings (SSSR count). The molecule has 144 valence electrons. The first-order valence-electron chi connectivity index (χ1n) is 9.29. The summed E-state index contributed by atoms with van der Waals surface area (Å²) in [5.74, 6) is 3.23. The van der Waals surface area contributed by atoms with Crippen molar-refractivity contribution in [1.29, 1.82) is 0 Å². The molecule has 1 aromatic heterocycles. The van der Waals surface area contributed by atoms with Gasteiger partial charge in [-0.25, -0.2) is 4.98 Å². The molecule has 2 aliphatic rings. The molecule has 1 heterocycles. The largest absolute Gasteiger partial charge is 0.353 e. The first kappa shape index (κ1) is 19.1. The van der Waals surface area contributed by atoms with Crippen molar-refractivity contribution in [2.24, 2.45) is 17.8 Å². The number of hydrogen-bond donors (Lipinski definition) is 2. The van der Waals surface area contributed by atoms with Gasteiger partial charge in [-0.3, -0.25) is 9.89 Å². The number of rotatable bonds is 6. The van der Waals surface area contributed by atoms with Gasteiger partial charge in [-0.1, -0.05) is 41.4 Å². The topological polar surface area (TPSA) is 70.7 Å². The van der Waals surface area contributed by atoms with E-state index in [0.717, 1.165) is 17.4 Å². The van der Waals surface area contributed by atoms with E-state index in [9.17, 15) is 4.79 Å². The average Bonchev–Trinajstić information content (AvgIpc) is 3.36. The number of fused-ring (bicyclic) bond motifs is 2. The molecule has 1 amide bonds. The molecule has 0 aliphatic heterocycles. The summed E-state index contributed by atoms with van der Waals surface area (Å²) in [6, 6.07) is 5.45. The first-order chi connectivity index (χ1) is 13.0. The van der Waals surface area contributed by atoms with Crippen LogP contribution < -0.4 is 5.32 Å². The molecule has 0 unspecified atom stereocenters.